The molecule has 1 fully saturated rings. The van der Waals surface area contributed by atoms with E-state index in [9.17, 15) is 8.42 Å². The van der Waals surface area contributed by atoms with E-state index in [0.717, 1.165) is 48.4 Å². The lowest BCUT2D eigenvalue weighted by atomic mass is 9.82. The smallest absolute Gasteiger partial charge is 0.238 e. The highest BCUT2D eigenvalue weighted by Crippen LogP contribution is 2.36. The normalized spacial score (nSPS) is 15.4. The summed E-state index contributed by atoms with van der Waals surface area (Å²) in [5, 5.41) is 21.8. The van der Waals surface area contributed by atoms with Crippen LogP contribution in [0.25, 0.3) is 22.5 Å². The van der Waals surface area contributed by atoms with E-state index >= 15 is 0 Å². The largest absolute Gasteiger partial charge is 0.497 e. The monoisotopic (exact) mass is 519 g/mol. The predicted octanol–water partition coefficient (Wildman–Crippen LogP) is 2.25. The Kier molecular flexibility index (Phi) is 6.78. The van der Waals surface area contributed by atoms with Gasteiger partial charge in [0, 0.05) is 5.54 Å². The van der Waals surface area contributed by atoms with E-state index in [-0.39, 0.29) is 16.3 Å². The molecule has 0 aliphatic carbocycles. The molecular formula is C26H29N7O3S. The Balaban J connectivity index is 1.52. The third-order valence-electron chi connectivity index (χ3n) is 6.76. The van der Waals surface area contributed by atoms with Gasteiger partial charge in [-0.3, -0.25) is 0 Å². The molecule has 5 N–H and O–H groups in total. The summed E-state index contributed by atoms with van der Waals surface area (Å²) >= 11 is 0. The van der Waals surface area contributed by atoms with Gasteiger partial charge >= 0.3 is 0 Å². The van der Waals surface area contributed by atoms with Crippen molar-refractivity contribution in [3.8, 4) is 28.3 Å². The summed E-state index contributed by atoms with van der Waals surface area (Å²) in [5.41, 5.74) is 10.0. The van der Waals surface area contributed by atoms with Crippen LogP contribution in [0.15, 0.2) is 71.6 Å². The maximum atomic E-state index is 12.5. The number of piperidine rings is 1. The van der Waals surface area contributed by atoms with E-state index in [1.807, 2.05) is 54.6 Å². The van der Waals surface area contributed by atoms with Crippen molar-refractivity contribution in [2.24, 2.45) is 10.9 Å². The average molecular weight is 520 g/mol. The molecule has 3 aromatic carbocycles. The maximum Gasteiger partial charge on any atom is 0.238 e. The van der Waals surface area contributed by atoms with Gasteiger partial charge in [0.2, 0.25) is 15.8 Å². The number of sulfonamides is 1. The van der Waals surface area contributed by atoms with Crippen molar-refractivity contribution in [2.75, 3.05) is 20.2 Å². The van der Waals surface area contributed by atoms with Gasteiger partial charge in [-0.05, 0) is 71.6 Å². The molecule has 4 aromatic rings. The molecule has 0 radical (unpaired) electrons. The van der Waals surface area contributed by atoms with Crippen LogP contribution < -0.4 is 20.9 Å². The molecule has 1 aromatic heterocycles. The minimum atomic E-state index is -4.06. The van der Waals surface area contributed by atoms with Crippen molar-refractivity contribution in [1.29, 1.82) is 0 Å². The minimum absolute atomic E-state index is 0.0632. The van der Waals surface area contributed by atoms with Crippen LogP contribution in [0.5, 0.6) is 5.75 Å². The third kappa shape index (κ3) is 5.25. The van der Waals surface area contributed by atoms with Crippen molar-refractivity contribution in [3.05, 3.63) is 77.9 Å². The topological polar surface area (TPSA) is 151 Å². The molecule has 1 aliphatic heterocycles. The predicted molar refractivity (Wildman–Crippen MR) is 140 cm³/mol. The number of hydrogen-bond acceptors (Lipinski definition) is 8. The van der Waals surface area contributed by atoms with Gasteiger partial charge < -0.3 is 15.8 Å². The number of tetrazole rings is 1. The van der Waals surface area contributed by atoms with Gasteiger partial charge in [0.25, 0.3) is 0 Å². The highest BCUT2D eigenvalue weighted by atomic mass is 32.2. The first kappa shape index (κ1) is 25.0. The van der Waals surface area contributed by atoms with Crippen LogP contribution in [-0.2, 0) is 22.1 Å². The average Bonchev–Trinajstić information content (AvgIpc) is 3.37. The Hall–Kier alpha value is -3.64. The highest BCUT2D eigenvalue weighted by molar-refractivity contribution is 7.89. The number of ether oxygens (including phenoxy) is 1. The molecule has 5 rings (SSSR count). The molecule has 0 unspecified atom stereocenters. The van der Waals surface area contributed by atoms with Crippen molar-refractivity contribution in [2.45, 2.75) is 29.8 Å². The van der Waals surface area contributed by atoms with Crippen LogP contribution in [0.3, 0.4) is 0 Å². The van der Waals surface area contributed by atoms with Gasteiger partial charge in [-0.1, -0.05) is 48.5 Å². The number of benzene rings is 3. The Morgan fingerprint density at radius 3 is 2.38 bits per heavy atom. The van der Waals surface area contributed by atoms with Gasteiger partial charge in [0.1, 0.15) is 5.75 Å². The van der Waals surface area contributed by atoms with E-state index in [2.05, 4.69) is 20.7 Å². The Morgan fingerprint density at radius 1 is 1.03 bits per heavy atom. The van der Waals surface area contributed by atoms with E-state index < -0.39 is 10.0 Å². The summed E-state index contributed by atoms with van der Waals surface area (Å²) in [7, 11) is -2.46. The molecule has 2 heterocycles. The number of rotatable bonds is 7. The third-order valence-corrected chi connectivity index (χ3v) is 7.71. The van der Waals surface area contributed by atoms with Crippen LogP contribution in [-0.4, -0.2) is 48.8 Å². The molecule has 192 valence electrons. The van der Waals surface area contributed by atoms with Crippen molar-refractivity contribution in [1.82, 2.24) is 25.5 Å². The lowest BCUT2D eigenvalue weighted by molar-refractivity contribution is 0.317. The summed E-state index contributed by atoms with van der Waals surface area (Å²) < 4.78 is 30.3. The summed E-state index contributed by atoms with van der Waals surface area (Å²) in [5.74, 6) is 0.917. The lowest BCUT2D eigenvalue weighted by Gasteiger charge is -2.34. The number of hydrogen-bond donors (Lipinski definition) is 3. The van der Waals surface area contributed by atoms with E-state index in [1.165, 1.54) is 10.9 Å². The zero-order chi connectivity index (χ0) is 26.0. The molecule has 0 saturated carbocycles. The van der Waals surface area contributed by atoms with E-state index in [1.54, 1.807) is 13.2 Å². The van der Waals surface area contributed by atoms with Gasteiger partial charge in [0.05, 0.1) is 24.1 Å². The number of primary sulfonamides is 1. The lowest BCUT2D eigenvalue weighted by Crippen LogP contribution is -2.46. The van der Waals surface area contributed by atoms with Crippen LogP contribution >= 0.6 is 0 Å². The number of nitrogens with zero attached hydrogens (tertiary/aromatic N) is 4. The zero-order valence-electron chi connectivity index (χ0n) is 20.5. The molecule has 0 bridgehead atoms. The number of nitrogens with two attached hydrogens (primary N) is 2. The SMILES string of the molecule is COc1ccc(Cn2nnc(-c3c(-c4ccc(C5(N)CCNCC5)cc4)cccc3S(N)(=O)=O)n2)cc1. The fourth-order valence-electron chi connectivity index (χ4n) is 4.69. The summed E-state index contributed by atoms with van der Waals surface area (Å²) in [4.78, 5) is 1.35. The van der Waals surface area contributed by atoms with Crippen molar-refractivity contribution < 1.29 is 13.2 Å². The standard InChI is InChI=1S/C26H29N7O3S/c1-36-21-11-5-18(6-12-21)17-33-31-25(30-32-33)24-22(3-2-4-23(24)37(28,34)35)19-7-9-20(10-8-19)26(27)13-15-29-16-14-26/h2-12,29H,13-17,27H2,1H3,(H2,28,34,35). The second-order valence-corrected chi connectivity index (χ2v) is 10.7. The summed E-state index contributed by atoms with van der Waals surface area (Å²) in [6, 6.07) is 20.3. The quantitative estimate of drug-likeness (QED) is 0.336. The summed E-state index contributed by atoms with van der Waals surface area (Å²) in [6.45, 7) is 2.10. The van der Waals surface area contributed by atoms with E-state index in [4.69, 9.17) is 15.6 Å². The first-order valence-corrected chi connectivity index (χ1v) is 13.5. The first-order chi connectivity index (χ1) is 17.8. The van der Waals surface area contributed by atoms with E-state index in [0.29, 0.717) is 17.7 Å². The Labute approximate surface area is 215 Å². The molecule has 37 heavy (non-hydrogen) atoms. The molecule has 0 atom stereocenters. The highest BCUT2D eigenvalue weighted by Gasteiger charge is 2.29. The van der Waals surface area contributed by atoms with Crippen LogP contribution in [0, 0.1) is 0 Å². The fraction of sp³-hybridized carbons (Fsp3) is 0.269. The van der Waals surface area contributed by atoms with Crippen LogP contribution in [0.4, 0.5) is 0 Å². The Bertz CT molecular complexity index is 1490. The number of nitrogens with one attached hydrogen (secondary N) is 1. The number of aromatic nitrogens is 4. The molecule has 1 saturated heterocycles. The minimum Gasteiger partial charge on any atom is -0.497 e. The van der Waals surface area contributed by atoms with Crippen molar-refractivity contribution >= 4 is 10.0 Å². The summed E-state index contributed by atoms with van der Waals surface area (Å²) in [6.07, 6.45) is 1.69. The van der Waals surface area contributed by atoms with Gasteiger partial charge in [-0.15, -0.1) is 10.2 Å². The second kappa shape index (κ2) is 10.0. The van der Waals surface area contributed by atoms with Crippen LogP contribution in [0.2, 0.25) is 0 Å². The zero-order valence-corrected chi connectivity index (χ0v) is 21.3. The fourth-order valence-corrected chi connectivity index (χ4v) is 5.44. The first-order valence-electron chi connectivity index (χ1n) is 11.9. The van der Waals surface area contributed by atoms with Gasteiger partial charge in [0.15, 0.2) is 0 Å². The molecule has 10 nitrogen and oxygen atoms in total. The second-order valence-electron chi connectivity index (χ2n) is 9.20. The molecule has 1 aliphatic rings. The van der Waals surface area contributed by atoms with Crippen LogP contribution in [0.1, 0.15) is 24.0 Å². The Morgan fingerprint density at radius 2 is 1.73 bits per heavy atom. The number of methoxy groups -OCH3 is 1. The molecule has 11 heteroatoms. The molecule has 0 spiro atoms. The molecular weight excluding hydrogens is 490 g/mol. The van der Waals surface area contributed by atoms with Gasteiger partial charge in [-0.2, -0.15) is 4.80 Å². The molecule has 0 amide bonds. The maximum absolute atomic E-state index is 12.5. The van der Waals surface area contributed by atoms with Gasteiger partial charge in [-0.25, -0.2) is 13.6 Å². The van der Waals surface area contributed by atoms with Crippen molar-refractivity contribution in [3.63, 3.8) is 0 Å².